The van der Waals surface area contributed by atoms with E-state index in [1.807, 2.05) is 6.92 Å². The first kappa shape index (κ1) is 21.7. The minimum Gasteiger partial charge on any atom is -0.490 e. The number of hydrogen-bond acceptors (Lipinski definition) is 4. The van der Waals surface area contributed by atoms with Crippen molar-refractivity contribution in [3.8, 4) is 5.75 Å². The molecule has 0 aromatic heterocycles. The number of halogens is 1. The Kier molecular flexibility index (Phi) is 7.64. The van der Waals surface area contributed by atoms with E-state index in [0.29, 0.717) is 36.1 Å². The van der Waals surface area contributed by atoms with Gasteiger partial charge in [-0.25, -0.2) is 9.18 Å². The smallest absolute Gasteiger partial charge is 0.324 e. The monoisotopic (exact) mass is 424 g/mol. The summed E-state index contributed by atoms with van der Waals surface area (Å²) in [7, 11) is -1.04. The molecule has 1 unspecified atom stereocenters. The van der Waals surface area contributed by atoms with Gasteiger partial charge in [0.1, 0.15) is 6.54 Å². The number of amides is 3. The van der Waals surface area contributed by atoms with Crippen LogP contribution in [0.5, 0.6) is 5.75 Å². The van der Waals surface area contributed by atoms with E-state index < -0.39 is 10.8 Å². The maximum absolute atomic E-state index is 14.7. The van der Waals surface area contributed by atoms with Crippen LogP contribution in [-0.4, -0.2) is 52.2 Å². The Balaban J connectivity index is 1.37. The van der Waals surface area contributed by atoms with E-state index in [9.17, 15) is 18.2 Å². The van der Waals surface area contributed by atoms with E-state index in [0.717, 1.165) is 32.1 Å². The largest absolute Gasteiger partial charge is 0.490 e. The summed E-state index contributed by atoms with van der Waals surface area (Å²) >= 11 is 0. The summed E-state index contributed by atoms with van der Waals surface area (Å²) < 4.78 is 32.7. The summed E-state index contributed by atoms with van der Waals surface area (Å²) in [5.41, 5.74) is 0.552. The van der Waals surface area contributed by atoms with Gasteiger partial charge < -0.3 is 9.64 Å². The minimum atomic E-state index is -1.04. The highest BCUT2D eigenvalue weighted by atomic mass is 32.2. The number of imide groups is 1. The van der Waals surface area contributed by atoms with Crippen molar-refractivity contribution in [3.63, 3.8) is 0 Å². The van der Waals surface area contributed by atoms with Crippen molar-refractivity contribution in [1.82, 2.24) is 10.2 Å². The Hall–Kier alpha value is -1.96. The van der Waals surface area contributed by atoms with Crippen LogP contribution >= 0.6 is 0 Å². The molecule has 3 rings (SSSR count). The lowest BCUT2D eigenvalue weighted by Crippen LogP contribution is -2.29. The minimum absolute atomic E-state index is 0.122. The maximum Gasteiger partial charge on any atom is 0.324 e. The third kappa shape index (κ3) is 6.52. The zero-order valence-corrected chi connectivity index (χ0v) is 17.6. The normalized spacial score (nSPS) is 18.6. The van der Waals surface area contributed by atoms with Gasteiger partial charge in [-0.15, -0.1) is 0 Å². The van der Waals surface area contributed by atoms with Gasteiger partial charge in [-0.2, -0.15) is 0 Å². The third-order valence-electron chi connectivity index (χ3n) is 5.30. The first-order chi connectivity index (χ1) is 13.9. The van der Waals surface area contributed by atoms with Crippen molar-refractivity contribution in [3.05, 3.63) is 29.6 Å². The lowest BCUT2D eigenvalue weighted by atomic mass is 10.0. The summed E-state index contributed by atoms with van der Waals surface area (Å²) in [6, 6.07) is 4.85. The molecule has 0 bridgehead atoms. The van der Waals surface area contributed by atoms with Crippen LogP contribution in [0.4, 0.5) is 9.18 Å². The lowest BCUT2D eigenvalue weighted by molar-refractivity contribution is -0.118. The van der Waals surface area contributed by atoms with Gasteiger partial charge in [0, 0.05) is 28.9 Å². The second-order valence-electron chi connectivity index (χ2n) is 7.96. The molecule has 1 N–H and O–H groups in total. The highest BCUT2D eigenvalue weighted by molar-refractivity contribution is 7.85. The number of unbranched alkanes of at least 4 members (excludes halogenated alkanes) is 2. The number of carbonyl (C=O) groups excluding carboxylic acids is 2. The fourth-order valence-corrected chi connectivity index (χ4v) is 4.80. The second kappa shape index (κ2) is 10.2. The number of nitrogens with one attached hydrogen (secondary N) is 1. The topological polar surface area (TPSA) is 75.7 Å². The van der Waals surface area contributed by atoms with Crippen LogP contribution in [0, 0.1) is 11.7 Å². The molecule has 160 valence electrons. The number of nitrogens with zero attached hydrogens (tertiary/aromatic N) is 1. The van der Waals surface area contributed by atoms with E-state index in [2.05, 4.69) is 5.32 Å². The molecule has 2 fully saturated rings. The quantitative estimate of drug-likeness (QED) is 0.413. The van der Waals surface area contributed by atoms with Gasteiger partial charge in [-0.05, 0) is 49.1 Å². The fourth-order valence-electron chi connectivity index (χ4n) is 3.37. The van der Waals surface area contributed by atoms with E-state index >= 15 is 0 Å². The molecule has 1 saturated heterocycles. The number of benzene rings is 1. The van der Waals surface area contributed by atoms with Crippen LogP contribution in [0.1, 0.15) is 50.5 Å². The van der Waals surface area contributed by atoms with Crippen molar-refractivity contribution < 1.29 is 22.9 Å². The number of urea groups is 1. The number of carbonyl (C=O) groups is 2. The lowest BCUT2D eigenvalue weighted by Gasteiger charge is -2.15. The number of ether oxygens (including phenoxy) is 1. The predicted octanol–water partition coefficient (Wildman–Crippen LogP) is 3.19. The SMILES string of the molecule is C[C@H](CS(=O)CCCCCN1CC(=O)NC1=O)c1cccc(OCC2CC2)c1F. The van der Waals surface area contributed by atoms with E-state index in [-0.39, 0.29) is 36.0 Å². The predicted molar refractivity (Wildman–Crippen MR) is 110 cm³/mol. The van der Waals surface area contributed by atoms with Gasteiger partial charge >= 0.3 is 6.03 Å². The Morgan fingerprint density at radius 2 is 2.07 bits per heavy atom. The molecule has 29 heavy (non-hydrogen) atoms. The van der Waals surface area contributed by atoms with E-state index in [1.165, 1.54) is 4.90 Å². The Labute approximate surface area is 173 Å². The molecule has 8 heteroatoms. The van der Waals surface area contributed by atoms with Crippen LogP contribution < -0.4 is 10.1 Å². The third-order valence-corrected chi connectivity index (χ3v) is 6.92. The van der Waals surface area contributed by atoms with Gasteiger partial charge in [-0.3, -0.25) is 14.3 Å². The maximum atomic E-state index is 14.7. The molecule has 0 spiro atoms. The van der Waals surface area contributed by atoms with E-state index in [4.69, 9.17) is 4.74 Å². The highest BCUT2D eigenvalue weighted by Gasteiger charge is 2.26. The van der Waals surface area contributed by atoms with Crippen molar-refractivity contribution in [2.45, 2.75) is 44.9 Å². The summed E-state index contributed by atoms with van der Waals surface area (Å²) in [5.74, 6) is 1.05. The van der Waals surface area contributed by atoms with E-state index in [1.54, 1.807) is 18.2 Å². The summed E-state index contributed by atoms with van der Waals surface area (Å²) in [4.78, 5) is 24.1. The number of rotatable bonds is 12. The van der Waals surface area contributed by atoms with Crippen molar-refractivity contribution in [2.75, 3.05) is 31.2 Å². The van der Waals surface area contributed by atoms with Gasteiger partial charge in [0.15, 0.2) is 11.6 Å². The van der Waals surface area contributed by atoms with Gasteiger partial charge in [0.25, 0.3) is 0 Å². The molecular formula is C21H29FN2O4S. The molecule has 1 aliphatic carbocycles. The summed E-state index contributed by atoms with van der Waals surface area (Å²) in [6.07, 6.45) is 4.68. The van der Waals surface area contributed by atoms with Gasteiger partial charge in [0.05, 0.1) is 6.61 Å². The Morgan fingerprint density at radius 3 is 2.76 bits per heavy atom. The van der Waals surface area contributed by atoms with Crippen LogP contribution in [-0.2, 0) is 15.6 Å². The van der Waals surface area contributed by atoms with Crippen molar-refractivity contribution >= 4 is 22.7 Å². The van der Waals surface area contributed by atoms with Crippen LogP contribution in [0.15, 0.2) is 18.2 Å². The molecule has 1 aromatic rings. The zero-order valence-electron chi connectivity index (χ0n) is 16.8. The molecule has 1 aromatic carbocycles. The van der Waals surface area contributed by atoms with Crippen LogP contribution in [0.2, 0.25) is 0 Å². The first-order valence-electron chi connectivity index (χ1n) is 10.3. The van der Waals surface area contributed by atoms with Crippen molar-refractivity contribution in [2.24, 2.45) is 5.92 Å². The summed E-state index contributed by atoms with van der Waals surface area (Å²) in [5, 5.41) is 2.25. The molecule has 6 nitrogen and oxygen atoms in total. The Morgan fingerprint density at radius 1 is 1.28 bits per heavy atom. The zero-order chi connectivity index (χ0) is 20.8. The first-order valence-corrected chi connectivity index (χ1v) is 11.8. The molecule has 0 radical (unpaired) electrons. The van der Waals surface area contributed by atoms with Crippen molar-refractivity contribution in [1.29, 1.82) is 0 Å². The average Bonchev–Trinajstić information content (AvgIpc) is 3.44. The van der Waals surface area contributed by atoms with Crippen LogP contribution in [0.3, 0.4) is 0 Å². The molecule has 1 saturated carbocycles. The van der Waals surface area contributed by atoms with Crippen LogP contribution in [0.25, 0.3) is 0 Å². The molecular weight excluding hydrogens is 395 g/mol. The molecule has 2 aliphatic rings. The van der Waals surface area contributed by atoms with Gasteiger partial charge in [-0.1, -0.05) is 25.5 Å². The van der Waals surface area contributed by atoms with Gasteiger partial charge in [0.2, 0.25) is 5.91 Å². The molecule has 1 aliphatic heterocycles. The number of hydrogen-bond donors (Lipinski definition) is 1. The second-order valence-corrected chi connectivity index (χ2v) is 9.58. The standard InChI is InChI=1S/C21H29FN2O4S/c1-15(17-6-5-7-18(20(17)22)28-13-16-8-9-16)14-29(27)11-4-2-3-10-24-12-19(25)23-21(24)26/h5-7,15-16H,2-4,8-14H2,1H3,(H,23,25,26)/t15-,29?/m1/s1. The molecule has 3 amide bonds. The summed E-state index contributed by atoms with van der Waals surface area (Å²) in [6.45, 7) is 3.11. The highest BCUT2D eigenvalue weighted by Crippen LogP contribution is 2.32. The Bertz CT molecular complexity index is 769. The fraction of sp³-hybridized carbons (Fsp3) is 0.619. The average molecular weight is 425 g/mol. The molecule has 1 heterocycles. The molecule has 2 atom stereocenters.